The van der Waals surface area contributed by atoms with Crippen LogP contribution in [0.4, 0.5) is 17.3 Å². The van der Waals surface area contributed by atoms with Crippen molar-refractivity contribution in [3.63, 3.8) is 0 Å². The van der Waals surface area contributed by atoms with Crippen molar-refractivity contribution < 1.29 is 27.3 Å². The Hall–Kier alpha value is -1.05. The first kappa shape index (κ1) is 19.3. The number of halogens is 4. The average Bonchev–Trinajstić information content (AvgIpc) is 2.56. The van der Waals surface area contributed by atoms with E-state index >= 15 is 0 Å². The number of aromatic nitrogens is 2. The quantitative estimate of drug-likeness (QED) is 0.342. The highest BCUT2D eigenvalue weighted by molar-refractivity contribution is 6.50. The van der Waals surface area contributed by atoms with Gasteiger partial charge in [0.25, 0.3) is 0 Å². The monoisotopic (exact) mass is 272 g/mol. The maximum Gasteiger partial charge on any atom is 0.673 e. The van der Waals surface area contributed by atoms with Crippen LogP contribution in [0.2, 0.25) is 0 Å². The first-order valence-corrected chi connectivity index (χ1v) is 5.71. The smallest absolute Gasteiger partial charge is 0.418 e. The summed E-state index contributed by atoms with van der Waals surface area (Å²) in [6.07, 6.45) is 11.7. The van der Waals surface area contributed by atoms with Gasteiger partial charge in [-0.2, -0.15) is 0 Å². The Morgan fingerprint density at radius 3 is 2.06 bits per heavy atom. The Morgan fingerprint density at radius 1 is 1.11 bits per heavy atom. The van der Waals surface area contributed by atoms with Crippen LogP contribution in [-0.4, -0.2) is 17.3 Å². The van der Waals surface area contributed by atoms with E-state index in [2.05, 4.69) is 41.8 Å². The summed E-state index contributed by atoms with van der Waals surface area (Å²) in [5.41, 5.74) is 0. The molecule has 8 heteroatoms. The molecule has 2 N–H and O–H groups in total. The van der Waals surface area contributed by atoms with Crippen molar-refractivity contribution in [2.45, 2.75) is 39.2 Å². The lowest BCUT2D eigenvalue weighted by Crippen LogP contribution is -2.23. The maximum absolute atomic E-state index is 9.75. The van der Waals surface area contributed by atoms with Gasteiger partial charge in [0.2, 0.25) is 6.33 Å². The molecule has 0 atom stereocenters. The molecule has 0 bridgehead atoms. The normalized spacial score (nSPS) is 10.3. The number of hydrogen-bond acceptors (Lipinski definition) is 0. The van der Waals surface area contributed by atoms with Crippen LogP contribution in [0, 0.1) is 0 Å². The molecule has 108 valence electrons. The van der Waals surface area contributed by atoms with Crippen molar-refractivity contribution in [3.05, 3.63) is 18.7 Å². The van der Waals surface area contributed by atoms with Gasteiger partial charge in [0.15, 0.2) is 0 Å². The van der Waals surface area contributed by atoms with Crippen LogP contribution < -0.4 is 4.57 Å². The molecule has 0 aliphatic heterocycles. The van der Waals surface area contributed by atoms with E-state index in [1.807, 2.05) is 0 Å². The summed E-state index contributed by atoms with van der Waals surface area (Å²) in [6.45, 7) is 3.41. The number of hydrogen-bond donors (Lipinski definition) is 0. The van der Waals surface area contributed by atoms with E-state index < -0.39 is 7.25 Å². The van der Waals surface area contributed by atoms with Gasteiger partial charge in [-0.05, 0) is 12.8 Å². The zero-order valence-corrected chi connectivity index (χ0v) is 10.8. The summed E-state index contributed by atoms with van der Waals surface area (Å²) in [5, 5.41) is 0. The Bertz CT molecular complexity index is 298. The van der Waals surface area contributed by atoms with Crippen LogP contribution in [0.25, 0.3) is 0 Å². The fourth-order valence-electron chi connectivity index (χ4n) is 1.36. The number of rotatable bonds is 5. The lowest BCUT2D eigenvalue weighted by atomic mass is 10.2. The molecule has 0 fully saturated rings. The molecule has 0 aromatic carbocycles. The molecule has 0 aliphatic carbocycles. The first-order valence-electron chi connectivity index (χ1n) is 5.71. The van der Waals surface area contributed by atoms with Crippen LogP contribution >= 0.6 is 0 Å². The second kappa shape index (κ2) is 9.93. The minimum absolute atomic E-state index is 0. The van der Waals surface area contributed by atoms with Crippen molar-refractivity contribution in [1.29, 1.82) is 0 Å². The van der Waals surface area contributed by atoms with E-state index in [0.717, 1.165) is 0 Å². The van der Waals surface area contributed by atoms with E-state index in [-0.39, 0.29) is 5.48 Å². The van der Waals surface area contributed by atoms with Gasteiger partial charge < -0.3 is 22.7 Å². The Labute approximate surface area is 105 Å². The summed E-state index contributed by atoms with van der Waals surface area (Å²) in [7, 11) is -3.94. The minimum atomic E-state index is -6.00. The Kier molecular flexibility index (Phi) is 10.6. The van der Waals surface area contributed by atoms with Crippen LogP contribution in [0.5, 0.6) is 0 Å². The third-order valence-corrected chi connectivity index (χ3v) is 2.09. The molecule has 1 aromatic rings. The van der Waals surface area contributed by atoms with Crippen LogP contribution in [0.1, 0.15) is 32.6 Å². The van der Waals surface area contributed by atoms with Crippen LogP contribution in [0.3, 0.4) is 0 Å². The summed E-state index contributed by atoms with van der Waals surface area (Å²) < 4.78 is 43.3. The van der Waals surface area contributed by atoms with Crippen molar-refractivity contribution in [1.82, 2.24) is 4.57 Å². The number of unbranched alkanes of at least 4 members (excludes halogenated alkanes) is 3. The molecule has 3 nitrogen and oxygen atoms in total. The predicted molar refractivity (Wildman–Crippen MR) is 63.5 cm³/mol. The molecular weight excluding hydrogens is 251 g/mol. The van der Waals surface area contributed by atoms with Crippen LogP contribution in [0.15, 0.2) is 18.7 Å². The second-order valence-electron chi connectivity index (χ2n) is 3.87. The minimum Gasteiger partial charge on any atom is -0.418 e. The molecule has 0 saturated heterocycles. The molecule has 0 radical (unpaired) electrons. The molecule has 0 spiro atoms. The molecule has 1 rings (SSSR count). The van der Waals surface area contributed by atoms with E-state index in [9.17, 15) is 17.3 Å². The fraction of sp³-hybridized carbons (Fsp3) is 0.700. The zero-order valence-electron chi connectivity index (χ0n) is 10.8. The Morgan fingerprint density at radius 2 is 1.67 bits per heavy atom. The third-order valence-electron chi connectivity index (χ3n) is 2.09. The van der Waals surface area contributed by atoms with Gasteiger partial charge in [-0.25, -0.2) is 9.13 Å². The van der Waals surface area contributed by atoms with E-state index in [4.69, 9.17) is 0 Å². The molecule has 0 aliphatic rings. The first-order chi connectivity index (χ1) is 7.83. The van der Waals surface area contributed by atoms with E-state index in [1.165, 1.54) is 32.2 Å². The van der Waals surface area contributed by atoms with E-state index in [0.29, 0.717) is 0 Å². The third kappa shape index (κ3) is 15.0. The molecule has 0 saturated carbocycles. The van der Waals surface area contributed by atoms with Gasteiger partial charge in [0, 0.05) is 0 Å². The lowest BCUT2D eigenvalue weighted by molar-refractivity contribution is -0.671. The molecule has 18 heavy (non-hydrogen) atoms. The SMILES string of the molecule is CCCCCCn1cc[n+](C)c1.F[B-](F)(F)F.O. The summed E-state index contributed by atoms with van der Waals surface area (Å²) in [5.74, 6) is 0. The molecule has 0 amide bonds. The van der Waals surface area contributed by atoms with Gasteiger partial charge in [0.1, 0.15) is 12.4 Å². The number of aryl methyl sites for hydroxylation is 2. The topological polar surface area (TPSA) is 40.3 Å². The maximum atomic E-state index is 9.75. The number of nitrogens with zero attached hydrogens (tertiary/aromatic N) is 2. The standard InChI is InChI=1S/C10H19N2.BF4.H2O/c1-3-4-5-6-7-12-9-8-11(2)10-12;2-1(3,4)5;/h8-10H,3-7H2,1-2H3;;1H2/q+1;-1;. The molecule has 1 aromatic heterocycles. The summed E-state index contributed by atoms with van der Waals surface area (Å²) >= 11 is 0. The predicted octanol–water partition coefficient (Wildman–Crippen LogP) is 2.37. The van der Waals surface area contributed by atoms with Gasteiger partial charge in [0.05, 0.1) is 13.6 Å². The van der Waals surface area contributed by atoms with Crippen molar-refractivity contribution in [2.24, 2.45) is 7.05 Å². The molecule has 0 unspecified atom stereocenters. The van der Waals surface area contributed by atoms with Gasteiger partial charge in [-0.1, -0.05) is 19.8 Å². The van der Waals surface area contributed by atoms with Gasteiger partial charge in [-0.15, -0.1) is 0 Å². The summed E-state index contributed by atoms with van der Waals surface area (Å²) in [4.78, 5) is 0. The lowest BCUT2D eigenvalue weighted by Gasteiger charge is -1.95. The van der Waals surface area contributed by atoms with E-state index in [1.54, 1.807) is 0 Å². The zero-order chi connectivity index (χ0) is 13.3. The molecular formula is C10H21BF4N2O. The van der Waals surface area contributed by atoms with Gasteiger partial charge >= 0.3 is 7.25 Å². The average molecular weight is 272 g/mol. The highest BCUT2D eigenvalue weighted by Crippen LogP contribution is 2.06. The van der Waals surface area contributed by atoms with Gasteiger partial charge in [-0.3, -0.25) is 0 Å². The fourth-order valence-corrected chi connectivity index (χ4v) is 1.36. The van der Waals surface area contributed by atoms with Crippen molar-refractivity contribution >= 4 is 7.25 Å². The molecule has 1 heterocycles. The highest BCUT2D eigenvalue weighted by atomic mass is 19.5. The largest absolute Gasteiger partial charge is 0.673 e. The number of imidazole rings is 1. The summed E-state index contributed by atoms with van der Waals surface area (Å²) in [6, 6.07) is 0. The Balaban J connectivity index is 0. The highest BCUT2D eigenvalue weighted by Gasteiger charge is 2.20. The second-order valence-corrected chi connectivity index (χ2v) is 3.87. The van der Waals surface area contributed by atoms with Crippen molar-refractivity contribution in [2.75, 3.05) is 0 Å². The van der Waals surface area contributed by atoms with Crippen LogP contribution in [-0.2, 0) is 13.6 Å². The van der Waals surface area contributed by atoms with Crippen molar-refractivity contribution in [3.8, 4) is 0 Å².